The van der Waals surface area contributed by atoms with Crippen molar-refractivity contribution in [1.29, 1.82) is 0 Å². The Kier molecular flexibility index (Phi) is 11.8. The molecule has 0 saturated carbocycles. The van der Waals surface area contributed by atoms with E-state index in [1.54, 1.807) is 0 Å². The number of para-hydroxylation sites is 1. The molecule has 3 amide bonds. The number of likely N-dealkylation sites (tertiary alicyclic amines) is 2. The maximum absolute atomic E-state index is 14.1. The van der Waals surface area contributed by atoms with Crippen molar-refractivity contribution in [3.63, 3.8) is 0 Å². The minimum absolute atomic E-state index is 0.0214. The number of nitrogens with one attached hydrogen (secondary N) is 4. The predicted molar refractivity (Wildman–Crippen MR) is 232 cm³/mol. The van der Waals surface area contributed by atoms with E-state index in [1.165, 1.54) is 7.11 Å². The molecule has 3 aromatic carbocycles. The summed E-state index contributed by atoms with van der Waals surface area (Å²) in [5.41, 5.74) is 5.98. The van der Waals surface area contributed by atoms with E-state index in [1.807, 2.05) is 63.5 Å². The summed E-state index contributed by atoms with van der Waals surface area (Å²) in [6.45, 7) is 14.7. The van der Waals surface area contributed by atoms with Gasteiger partial charge in [0.05, 0.1) is 47.3 Å². The zero-order chi connectivity index (χ0) is 43.1. The van der Waals surface area contributed by atoms with E-state index in [0.717, 1.165) is 76.2 Å². The van der Waals surface area contributed by atoms with E-state index in [-0.39, 0.29) is 36.1 Å². The number of carbonyl (C=O) groups is 3. The van der Waals surface area contributed by atoms with Gasteiger partial charge in [-0.05, 0) is 84.0 Å². The highest BCUT2D eigenvalue weighted by atomic mass is 16.9. The Morgan fingerprint density at radius 1 is 0.770 bits per heavy atom. The summed E-state index contributed by atoms with van der Waals surface area (Å²) >= 11 is 0. The molecule has 0 aliphatic carbocycles. The number of aromatic amines is 2. The molecule has 5 aromatic rings. The number of nitrogens with zero attached hydrogens (tertiary/aromatic N) is 5. The number of benzene rings is 3. The lowest BCUT2D eigenvalue weighted by atomic mass is 9.85. The SMILES string of the molecule is COC(=O)N[C@H](C(=O)N1CCC[C@H]1c1nc2ccc(CN(Cc3ccc4nc([C@@H]5CCCN5C(=O)[C@@H](NC5OCO5)C(C)(C)C)[nH]c4c3)c3ccccc3)cc2[nH]1)C(C)(C)C. The summed E-state index contributed by atoms with van der Waals surface area (Å²) < 4.78 is 15.7. The highest BCUT2D eigenvalue weighted by molar-refractivity contribution is 5.87. The first-order chi connectivity index (χ1) is 29.2. The molecule has 5 heterocycles. The fraction of sp³-hybridized carbons (Fsp3) is 0.500. The lowest BCUT2D eigenvalue weighted by Gasteiger charge is -2.39. The van der Waals surface area contributed by atoms with Gasteiger partial charge in [-0.3, -0.25) is 14.9 Å². The number of hydrogen-bond acceptors (Lipinski definition) is 10. The molecule has 3 saturated heterocycles. The molecule has 0 unspecified atom stereocenters. The quantitative estimate of drug-likeness (QED) is 0.102. The molecule has 324 valence electrons. The third-order valence-corrected chi connectivity index (χ3v) is 12.1. The molecule has 0 radical (unpaired) electrons. The molecule has 15 nitrogen and oxygen atoms in total. The second kappa shape index (κ2) is 17.1. The topological polar surface area (TPSA) is 170 Å². The van der Waals surface area contributed by atoms with Crippen molar-refractivity contribution in [2.75, 3.05) is 31.9 Å². The van der Waals surface area contributed by atoms with E-state index < -0.39 is 30.0 Å². The van der Waals surface area contributed by atoms with Gasteiger partial charge in [0, 0.05) is 31.9 Å². The van der Waals surface area contributed by atoms with Gasteiger partial charge < -0.3 is 44.2 Å². The van der Waals surface area contributed by atoms with Crippen LogP contribution in [0.15, 0.2) is 66.7 Å². The molecule has 4 atom stereocenters. The second-order valence-corrected chi connectivity index (χ2v) is 18.7. The van der Waals surface area contributed by atoms with Gasteiger partial charge in [-0.1, -0.05) is 71.9 Å². The normalized spacial score (nSPS) is 19.6. The maximum atomic E-state index is 14.1. The van der Waals surface area contributed by atoms with Gasteiger partial charge in [-0.25, -0.2) is 14.8 Å². The highest BCUT2D eigenvalue weighted by Gasteiger charge is 2.43. The van der Waals surface area contributed by atoms with Crippen molar-refractivity contribution in [1.82, 2.24) is 40.4 Å². The maximum Gasteiger partial charge on any atom is 0.407 e. The Hall–Kier alpha value is -5.51. The number of rotatable bonds is 12. The molecule has 3 aliphatic heterocycles. The van der Waals surface area contributed by atoms with Crippen molar-refractivity contribution in [3.05, 3.63) is 89.5 Å². The lowest BCUT2D eigenvalue weighted by molar-refractivity contribution is -0.336. The van der Waals surface area contributed by atoms with Gasteiger partial charge in [-0.15, -0.1) is 0 Å². The van der Waals surface area contributed by atoms with Crippen LogP contribution in [0.5, 0.6) is 0 Å². The minimum atomic E-state index is -0.748. The number of alkyl carbamates (subject to hydrolysis) is 1. The molecule has 0 spiro atoms. The Bertz CT molecular complexity index is 2360. The van der Waals surface area contributed by atoms with Crippen molar-refractivity contribution < 1.29 is 28.6 Å². The molecule has 8 rings (SSSR count). The third kappa shape index (κ3) is 9.09. The van der Waals surface area contributed by atoms with E-state index in [2.05, 4.69) is 80.1 Å². The molecule has 15 heteroatoms. The molecule has 4 N–H and O–H groups in total. The molecule has 3 fully saturated rings. The Balaban J connectivity index is 0.999. The smallest absolute Gasteiger partial charge is 0.407 e. The fourth-order valence-electron chi connectivity index (χ4n) is 8.83. The number of H-pyrrole nitrogens is 2. The van der Waals surface area contributed by atoms with Crippen LogP contribution >= 0.6 is 0 Å². The van der Waals surface area contributed by atoms with Crippen LogP contribution in [0, 0.1) is 10.8 Å². The Morgan fingerprint density at radius 3 is 1.74 bits per heavy atom. The average molecular weight is 834 g/mol. The van der Waals surface area contributed by atoms with E-state index in [9.17, 15) is 14.4 Å². The molecular weight excluding hydrogens is 775 g/mol. The van der Waals surface area contributed by atoms with E-state index in [4.69, 9.17) is 24.2 Å². The average Bonchev–Trinajstić information content (AvgIpc) is 4.03. The predicted octanol–water partition coefficient (Wildman–Crippen LogP) is 7.04. The van der Waals surface area contributed by atoms with E-state index >= 15 is 0 Å². The molecule has 2 aromatic heterocycles. The van der Waals surface area contributed by atoms with Crippen LogP contribution in [0.3, 0.4) is 0 Å². The number of methoxy groups -OCH3 is 1. The number of amides is 3. The van der Waals surface area contributed by atoms with Crippen LogP contribution in [0.4, 0.5) is 10.5 Å². The van der Waals surface area contributed by atoms with Crippen molar-refractivity contribution in [3.8, 4) is 0 Å². The first-order valence-corrected chi connectivity index (χ1v) is 21.4. The van der Waals surface area contributed by atoms with Crippen molar-refractivity contribution in [2.24, 2.45) is 10.8 Å². The summed E-state index contributed by atoms with van der Waals surface area (Å²) in [6.07, 6.45) is 2.14. The number of hydrogen-bond donors (Lipinski definition) is 4. The number of imidazole rings is 2. The number of anilines is 1. The zero-order valence-electron chi connectivity index (χ0n) is 36.3. The largest absolute Gasteiger partial charge is 0.453 e. The van der Waals surface area contributed by atoms with Gasteiger partial charge in [0.1, 0.15) is 17.7 Å². The van der Waals surface area contributed by atoms with Gasteiger partial charge in [0.2, 0.25) is 18.2 Å². The molecule has 3 aliphatic rings. The molecular formula is C46H59N9O6. The van der Waals surface area contributed by atoms with Crippen LogP contribution in [-0.4, -0.2) is 93.1 Å². The number of carbonyl (C=O) groups excluding carboxylic acids is 3. The summed E-state index contributed by atoms with van der Waals surface area (Å²) in [7, 11) is 1.30. The number of ether oxygens (including phenoxy) is 3. The van der Waals surface area contributed by atoms with Gasteiger partial charge in [-0.2, -0.15) is 0 Å². The Labute approximate surface area is 356 Å². The summed E-state index contributed by atoms with van der Waals surface area (Å²) in [6, 6.07) is 21.4. The molecule has 61 heavy (non-hydrogen) atoms. The molecule has 0 bridgehead atoms. The van der Waals surface area contributed by atoms with Crippen LogP contribution in [-0.2, 0) is 36.9 Å². The van der Waals surface area contributed by atoms with Crippen LogP contribution < -0.4 is 15.5 Å². The van der Waals surface area contributed by atoms with Gasteiger partial charge in [0.15, 0.2) is 6.79 Å². The standard InChI is InChI=1S/C46H59N9O6/c1-45(2,3)37(51-43(58)59-7)41(56)54-21-11-15-35(54)39-47-31-19-17-28(23-33(31)49-39)25-53(30-13-9-8-10-14-30)26-29-18-20-32-34(24-29)50-40(48-32)36-16-12-22-55(36)42(57)38(46(4,5)6)52-44-60-27-61-44/h8-10,13-14,17-20,23-24,35-38,44,52H,11-12,15-16,21-22,25-27H2,1-7H3,(H,47,49)(H,48,50)(H,51,58)/t35-,36-,37+,38+/m0/s1. The van der Waals surface area contributed by atoms with Gasteiger partial charge in [0.25, 0.3) is 0 Å². The zero-order valence-corrected chi connectivity index (χ0v) is 36.3. The van der Waals surface area contributed by atoms with Gasteiger partial charge >= 0.3 is 6.09 Å². The van der Waals surface area contributed by atoms with E-state index in [0.29, 0.717) is 26.2 Å². The van der Waals surface area contributed by atoms with Crippen LogP contribution in [0.2, 0.25) is 0 Å². The summed E-state index contributed by atoms with van der Waals surface area (Å²) in [4.78, 5) is 63.5. The Morgan fingerprint density at radius 2 is 1.28 bits per heavy atom. The summed E-state index contributed by atoms with van der Waals surface area (Å²) in [5.74, 6) is 1.41. The van der Waals surface area contributed by atoms with Crippen LogP contribution in [0.25, 0.3) is 22.1 Å². The minimum Gasteiger partial charge on any atom is -0.453 e. The van der Waals surface area contributed by atoms with Crippen molar-refractivity contribution in [2.45, 2.75) is 111 Å². The number of fused-ring (bicyclic) bond motifs is 2. The second-order valence-electron chi connectivity index (χ2n) is 18.7. The number of aromatic nitrogens is 4. The fourth-order valence-corrected chi connectivity index (χ4v) is 8.83. The lowest BCUT2D eigenvalue weighted by Crippen LogP contribution is -2.59. The van der Waals surface area contributed by atoms with Crippen LogP contribution in [0.1, 0.15) is 102 Å². The summed E-state index contributed by atoms with van der Waals surface area (Å²) in [5, 5.41) is 6.03. The highest BCUT2D eigenvalue weighted by Crippen LogP contribution is 2.36. The first-order valence-electron chi connectivity index (χ1n) is 21.4. The third-order valence-electron chi connectivity index (χ3n) is 12.1. The monoisotopic (exact) mass is 833 g/mol. The van der Waals surface area contributed by atoms with Crippen molar-refractivity contribution >= 4 is 45.7 Å². The first kappa shape index (κ1) is 42.2.